The Kier molecular flexibility index (Phi) is 16.0. The van der Waals surface area contributed by atoms with Gasteiger partial charge in [0.25, 0.3) is 17.0 Å². The van der Waals surface area contributed by atoms with E-state index in [1.54, 1.807) is 37.3 Å². The molecule has 2 heterocycles. The van der Waals surface area contributed by atoms with Crippen LogP contribution in [0.2, 0.25) is 0 Å². The van der Waals surface area contributed by atoms with E-state index in [1.807, 2.05) is 6.92 Å². The maximum absolute atomic E-state index is 13.9. The highest BCUT2D eigenvalue weighted by Crippen LogP contribution is 2.28. The third kappa shape index (κ3) is 11.4. The molecular formula is C42H37Br2F4N3O7. The molecule has 0 saturated carbocycles. The van der Waals surface area contributed by atoms with E-state index in [9.17, 15) is 36.7 Å². The van der Waals surface area contributed by atoms with Crippen LogP contribution in [0.3, 0.4) is 0 Å². The summed E-state index contributed by atoms with van der Waals surface area (Å²) in [5.41, 5.74) is 2.18. The number of ether oxygens (including phenoxy) is 3. The van der Waals surface area contributed by atoms with Crippen LogP contribution in [0.1, 0.15) is 45.4 Å². The van der Waals surface area contributed by atoms with E-state index in [-0.39, 0.29) is 63.8 Å². The number of hydrogen-bond acceptors (Lipinski definition) is 7. The minimum absolute atomic E-state index is 0.132. The standard InChI is InChI=1S/C24H21BrF2N2O3.C18H16BrF2NO4/c1-4-9-28-23(30)16-6-5-14(2)20(11-16)29-15(3)10-21(22(25)24(29)31)32-13-17-7-8-18(26)12-19(17)27;1-3-6-22-14(10-25-11(2)23)8-16(17(19)18(22)24)26-9-12-4-5-13(20)7-15(12)21/h4-8,10-12H,1,9,13H2,2-3H3,(H,28,30);3-5,7-8H,1,6,9-10H2,2H3. The first-order valence-electron chi connectivity index (χ1n) is 17.3. The summed E-state index contributed by atoms with van der Waals surface area (Å²) in [5, 5.41) is 2.71. The molecule has 0 aliphatic rings. The minimum atomic E-state index is -0.749. The maximum atomic E-state index is 13.9. The first-order chi connectivity index (χ1) is 27.6. The van der Waals surface area contributed by atoms with E-state index in [1.165, 1.54) is 40.3 Å². The van der Waals surface area contributed by atoms with Crippen molar-refractivity contribution >= 4 is 43.7 Å². The summed E-state index contributed by atoms with van der Waals surface area (Å²) < 4.78 is 72.9. The first-order valence-corrected chi connectivity index (χ1v) is 18.9. The van der Waals surface area contributed by atoms with Gasteiger partial charge in [-0.25, -0.2) is 17.6 Å². The third-order valence-electron chi connectivity index (χ3n) is 8.24. The van der Waals surface area contributed by atoms with E-state index in [0.29, 0.717) is 29.2 Å². The van der Waals surface area contributed by atoms with Crippen molar-refractivity contribution < 1.29 is 41.4 Å². The van der Waals surface area contributed by atoms with E-state index >= 15 is 0 Å². The quantitative estimate of drug-likeness (QED) is 0.0673. The lowest BCUT2D eigenvalue weighted by atomic mass is 10.1. The molecule has 2 aromatic heterocycles. The highest BCUT2D eigenvalue weighted by atomic mass is 79.9. The largest absolute Gasteiger partial charge is 0.487 e. The van der Waals surface area contributed by atoms with E-state index in [4.69, 9.17) is 14.2 Å². The maximum Gasteiger partial charge on any atom is 0.303 e. The zero-order chi connectivity index (χ0) is 42.7. The number of carbonyl (C=O) groups is 2. The monoisotopic (exact) mass is 929 g/mol. The number of aryl methyl sites for hydroxylation is 2. The van der Waals surface area contributed by atoms with E-state index < -0.39 is 40.4 Å². The highest BCUT2D eigenvalue weighted by Gasteiger charge is 2.18. The summed E-state index contributed by atoms with van der Waals surface area (Å²) in [6.07, 6.45) is 3.11. The zero-order valence-electron chi connectivity index (χ0n) is 31.5. The number of nitrogens with one attached hydrogen (secondary N) is 1. The van der Waals surface area contributed by atoms with E-state index in [2.05, 4.69) is 50.3 Å². The summed E-state index contributed by atoms with van der Waals surface area (Å²) in [6, 6.07) is 14.6. The Morgan fingerprint density at radius 3 is 1.86 bits per heavy atom. The molecule has 1 N–H and O–H groups in total. The molecule has 304 valence electrons. The van der Waals surface area contributed by atoms with Crippen LogP contribution in [0, 0.1) is 37.1 Å². The van der Waals surface area contributed by atoms with Gasteiger partial charge < -0.3 is 24.1 Å². The summed E-state index contributed by atoms with van der Waals surface area (Å²) in [7, 11) is 0. The molecule has 1 amide bonds. The van der Waals surface area contributed by atoms with Gasteiger partial charge in [-0.2, -0.15) is 0 Å². The van der Waals surface area contributed by atoms with Crippen molar-refractivity contribution in [3.8, 4) is 17.2 Å². The molecule has 0 unspecified atom stereocenters. The number of benzene rings is 3. The first kappa shape index (κ1) is 45.0. The normalized spacial score (nSPS) is 10.6. The fourth-order valence-electron chi connectivity index (χ4n) is 5.31. The van der Waals surface area contributed by atoms with Gasteiger partial charge in [0.2, 0.25) is 0 Å². The number of halogens is 6. The van der Waals surface area contributed by atoms with Gasteiger partial charge in [0.05, 0.1) is 11.4 Å². The lowest BCUT2D eigenvalue weighted by Crippen LogP contribution is -2.25. The molecule has 5 rings (SSSR count). The molecule has 16 heteroatoms. The van der Waals surface area contributed by atoms with Gasteiger partial charge in [0.15, 0.2) is 0 Å². The second kappa shape index (κ2) is 20.6. The van der Waals surface area contributed by atoms with Gasteiger partial charge in [-0.05, 0) is 87.7 Å². The fourth-order valence-corrected chi connectivity index (χ4v) is 6.16. The van der Waals surface area contributed by atoms with Crippen LogP contribution in [0.25, 0.3) is 5.69 Å². The molecule has 58 heavy (non-hydrogen) atoms. The number of rotatable bonds is 14. The molecule has 0 fully saturated rings. The van der Waals surface area contributed by atoms with Crippen molar-refractivity contribution in [2.45, 2.75) is 47.1 Å². The fraction of sp³-hybridized carbons (Fsp3) is 0.190. The molecule has 5 aromatic rings. The number of allylic oxidation sites excluding steroid dienone is 1. The van der Waals surface area contributed by atoms with Crippen molar-refractivity contribution in [1.29, 1.82) is 0 Å². The molecule has 0 saturated heterocycles. The molecule has 0 bridgehead atoms. The number of aromatic nitrogens is 2. The van der Waals surface area contributed by atoms with Gasteiger partial charge in [0, 0.05) is 66.7 Å². The third-order valence-corrected chi connectivity index (χ3v) is 9.70. The Bertz CT molecular complexity index is 2490. The predicted octanol–water partition coefficient (Wildman–Crippen LogP) is 8.71. The number of pyridine rings is 2. The Balaban J connectivity index is 0.000000262. The van der Waals surface area contributed by atoms with Crippen molar-refractivity contribution in [3.63, 3.8) is 0 Å². The average Bonchev–Trinajstić information content (AvgIpc) is 3.18. The highest BCUT2D eigenvalue weighted by molar-refractivity contribution is 9.10. The summed E-state index contributed by atoms with van der Waals surface area (Å²) in [5.74, 6) is -3.25. The lowest BCUT2D eigenvalue weighted by molar-refractivity contribution is -0.142. The number of amides is 1. The van der Waals surface area contributed by atoms with Crippen LogP contribution >= 0.6 is 31.9 Å². The molecular weight excluding hydrogens is 894 g/mol. The van der Waals surface area contributed by atoms with Crippen molar-refractivity contribution in [2.75, 3.05) is 6.54 Å². The molecule has 0 aliphatic carbocycles. The van der Waals surface area contributed by atoms with Crippen molar-refractivity contribution in [2.24, 2.45) is 0 Å². The summed E-state index contributed by atoms with van der Waals surface area (Å²) >= 11 is 6.43. The molecule has 10 nitrogen and oxygen atoms in total. The number of hydrogen-bond donors (Lipinski definition) is 1. The van der Waals surface area contributed by atoms with Gasteiger partial charge in [-0.1, -0.05) is 18.2 Å². The van der Waals surface area contributed by atoms with Crippen molar-refractivity contribution in [1.82, 2.24) is 14.5 Å². The predicted molar refractivity (Wildman–Crippen MR) is 217 cm³/mol. The van der Waals surface area contributed by atoms with Crippen LogP contribution in [-0.4, -0.2) is 27.6 Å². The van der Waals surface area contributed by atoms with Gasteiger partial charge in [0.1, 0.15) is 63.5 Å². The Labute approximate surface area is 347 Å². The van der Waals surface area contributed by atoms with Crippen LogP contribution in [-0.2, 0) is 35.9 Å². The number of carbonyl (C=O) groups excluding carboxylic acids is 2. The molecule has 0 aliphatic heterocycles. The SMILES string of the molecule is C=CCNC(=O)c1ccc(C)c(-n2c(C)cc(OCc3ccc(F)cc3F)c(Br)c2=O)c1.C=CCn1c(COC(C)=O)cc(OCc2ccc(F)cc2F)c(Br)c1=O. The zero-order valence-corrected chi connectivity index (χ0v) is 34.6. The Morgan fingerprint density at radius 1 is 0.759 bits per heavy atom. The smallest absolute Gasteiger partial charge is 0.303 e. The summed E-state index contributed by atoms with van der Waals surface area (Å²) in [4.78, 5) is 49.0. The lowest BCUT2D eigenvalue weighted by Gasteiger charge is -2.17. The second-order valence-corrected chi connectivity index (χ2v) is 14.0. The van der Waals surface area contributed by atoms with Gasteiger partial charge in [-0.3, -0.25) is 23.7 Å². The van der Waals surface area contributed by atoms with Crippen LogP contribution in [0.15, 0.2) is 111 Å². The average molecular weight is 932 g/mol. The van der Waals surface area contributed by atoms with E-state index in [0.717, 1.165) is 29.8 Å². The van der Waals surface area contributed by atoms with Crippen LogP contribution < -0.4 is 25.9 Å². The van der Waals surface area contributed by atoms with Crippen LogP contribution in [0.4, 0.5) is 17.6 Å². The molecule has 0 radical (unpaired) electrons. The van der Waals surface area contributed by atoms with Crippen molar-refractivity contribution in [3.05, 3.63) is 179 Å². The second-order valence-electron chi connectivity index (χ2n) is 12.5. The molecule has 0 atom stereocenters. The Morgan fingerprint density at radius 2 is 1.33 bits per heavy atom. The summed E-state index contributed by atoms with van der Waals surface area (Å²) in [6.45, 7) is 12.0. The topological polar surface area (TPSA) is 118 Å². The van der Waals surface area contributed by atoms with Crippen LogP contribution in [0.5, 0.6) is 11.5 Å². The Hall–Kier alpha value is -5.74. The molecule has 3 aromatic carbocycles. The molecule has 0 spiro atoms. The van der Waals surface area contributed by atoms with Gasteiger partial charge >= 0.3 is 5.97 Å². The minimum Gasteiger partial charge on any atom is -0.487 e. The number of esters is 1. The number of nitrogens with zero attached hydrogens (tertiary/aromatic N) is 2. The van der Waals surface area contributed by atoms with Gasteiger partial charge in [-0.15, -0.1) is 13.2 Å².